The fourth-order valence-electron chi connectivity index (χ4n) is 2.31. The van der Waals surface area contributed by atoms with Gasteiger partial charge in [-0.1, -0.05) is 0 Å². The predicted octanol–water partition coefficient (Wildman–Crippen LogP) is 1.81. The maximum absolute atomic E-state index is 11.6. The summed E-state index contributed by atoms with van der Waals surface area (Å²) in [5.41, 5.74) is 0.158. The summed E-state index contributed by atoms with van der Waals surface area (Å²) >= 11 is 0. The van der Waals surface area contributed by atoms with E-state index >= 15 is 0 Å². The highest BCUT2D eigenvalue weighted by Crippen LogP contribution is 2.18. The third kappa shape index (κ3) is 3.84. The third-order valence-electron chi connectivity index (χ3n) is 3.40. The number of nitrogens with one attached hydrogen (secondary N) is 1. The van der Waals surface area contributed by atoms with Crippen LogP contribution in [0.3, 0.4) is 0 Å². The number of piperidine rings is 1. The number of carbonyl (C=O) groups excluding carboxylic acids is 1. The molecule has 0 aromatic carbocycles. The van der Waals surface area contributed by atoms with Gasteiger partial charge in [-0.2, -0.15) is 0 Å². The maximum atomic E-state index is 11.6. The van der Waals surface area contributed by atoms with Gasteiger partial charge in [-0.3, -0.25) is 0 Å². The van der Waals surface area contributed by atoms with E-state index in [4.69, 9.17) is 9.84 Å². The average Bonchev–Trinajstić information content (AvgIpc) is 2.48. The zero-order chi connectivity index (χ0) is 15.2. The summed E-state index contributed by atoms with van der Waals surface area (Å²) < 4.78 is 4.96. The van der Waals surface area contributed by atoms with Crippen LogP contribution in [0.1, 0.15) is 30.1 Å². The number of hydrogen-bond donors (Lipinski definition) is 2. The molecule has 1 saturated heterocycles. The first-order valence-corrected chi connectivity index (χ1v) is 6.98. The van der Waals surface area contributed by atoms with Crippen LogP contribution in [-0.4, -0.2) is 52.8 Å². The highest BCUT2D eigenvalue weighted by molar-refractivity contribution is 5.93. The molecule has 0 aliphatic carbocycles. The van der Waals surface area contributed by atoms with E-state index in [2.05, 4.69) is 10.3 Å². The first kappa shape index (κ1) is 15.1. The van der Waals surface area contributed by atoms with Crippen LogP contribution in [0, 0.1) is 0 Å². The summed E-state index contributed by atoms with van der Waals surface area (Å²) in [6.45, 7) is 3.32. The predicted molar refractivity (Wildman–Crippen MR) is 76.4 cm³/mol. The first-order chi connectivity index (χ1) is 10.1. The molecule has 0 saturated carbocycles. The second kappa shape index (κ2) is 6.92. The lowest BCUT2D eigenvalue weighted by Crippen LogP contribution is -2.42. The SMILES string of the molecule is CCOC(=O)N1CCC(Nc2ncccc2C(=O)O)CC1. The number of pyridine rings is 1. The van der Waals surface area contributed by atoms with Crippen molar-refractivity contribution in [1.82, 2.24) is 9.88 Å². The van der Waals surface area contributed by atoms with Crippen molar-refractivity contribution in [3.63, 3.8) is 0 Å². The zero-order valence-electron chi connectivity index (χ0n) is 11.9. The second-order valence-corrected chi connectivity index (χ2v) is 4.81. The molecule has 2 heterocycles. The number of ether oxygens (including phenoxy) is 1. The van der Waals surface area contributed by atoms with Gasteiger partial charge in [0.05, 0.1) is 6.61 Å². The van der Waals surface area contributed by atoms with E-state index in [0.29, 0.717) is 25.5 Å². The largest absolute Gasteiger partial charge is 0.478 e. The Bertz CT molecular complexity index is 513. The van der Waals surface area contributed by atoms with Gasteiger partial charge < -0.3 is 20.1 Å². The smallest absolute Gasteiger partial charge is 0.409 e. The molecule has 7 heteroatoms. The molecule has 0 bridgehead atoms. The van der Waals surface area contributed by atoms with E-state index in [1.54, 1.807) is 24.1 Å². The van der Waals surface area contributed by atoms with Crippen molar-refractivity contribution in [3.05, 3.63) is 23.9 Å². The number of aromatic carboxylic acids is 1. The molecule has 0 unspecified atom stereocenters. The molecule has 0 spiro atoms. The third-order valence-corrected chi connectivity index (χ3v) is 3.40. The summed E-state index contributed by atoms with van der Waals surface area (Å²) in [5, 5.41) is 12.3. The highest BCUT2D eigenvalue weighted by atomic mass is 16.6. The normalized spacial score (nSPS) is 15.6. The van der Waals surface area contributed by atoms with Crippen LogP contribution >= 0.6 is 0 Å². The minimum atomic E-state index is -1.01. The Hall–Kier alpha value is -2.31. The van der Waals surface area contributed by atoms with Crippen LogP contribution in [0.25, 0.3) is 0 Å². The fraction of sp³-hybridized carbons (Fsp3) is 0.500. The number of carbonyl (C=O) groups is 2. The molecular weight excluding hydrogens is 274 g/mol. The van der Waals surface area contributed by atoms with Gasteiger partial charge in [0, 0.05) is 25.3 Å². The van der Waals surface area contributed by atoms with Gasteiger partial charge in [0.15, 0.2) is 0 Å². The number of rotatable bonds is 4. The van der Waals surface area contributed by atoms with Crippen molar-refractivity contribution >= 4 is 17.9 Å². The van der Waals surface area contributed by atoms with E-state index in [1.165, 1.54) is 6.07 Å². The lowest BCUT2D eigenvalue weighted by atomic mass is 10.1. The topological polar surface area (TPSA) is 91.8 Å². The van der Waals surface area contributed by atoms with Crippen molar-refractivity contribution in [2.24, 2.45) is 0 Å². The van der Waals surface area contributed by atoms with E-state index in [1.807, 2.05) is 0 Å². The molecule has 7 nitrogen and oxygen atoms in total. The van der Waals surface area contributed by atoms with Crippen LogP contribution in [0.15, 0.2) is 18.3 Å². The first-order valence-electron chi connectivity index (χ1n) is 6.98. The molecule has 0 atom stereocenters. The van der Waals surface area contributed by atoms with Crippen LogP contribution < -0.4 is 5.32 Å². The Morgan fingerprint density at radius 3 is 2.81 bits per heavy atom. The van der Waals surface area contributed by atoms with E-state index < -0.39 is 5.97 Å². The van der Waals surface area contributed by atoms with Crippen molar-refractivity contribution in [1.29, 1.82) is 0 Å². The molecule has 1 aromatic rings. The van der Waals surface area contributed by atoms with Crippen molar-refractivity contribution < 1.29 is 19.4 Å². The molecule has 0 radical (unpaired) electrons. The maximum Gasteiger partial charge on any atom is 0.409 e. The quantitative estimate of drug-likeness (QED) is 0.879. The molecule has 1 amide bonds. The Balaban J connectivity index is 1.92. The Morgan fingerprint density at radius 2 is 2.19 bits per heavy atom. The van der Waals surface area contributed by atoms with Crippen molar-refractivity contribution in [2.75, 3.05) is 25.0 Å². The standard InChI is InChI=1S/C14H19N3O4/c1-2-21-14(20)17-8-5-10(6-9-17)16-12-11(13(18)19)4-3-7-15-12/h3-4,7,10H,2,5-6,8-9H2,1H3,(H,15,16)(H,18,19). The molecular formula is C14H19N3O4. The molecule has 2 rings (SSSR count). The van der Waals surface area contributed by atoms with Crippen molar-refractivity contribution in [2.45, 2.75) is 25.8 Å². The fourth-order valence-corrected chi connectivity index (χ4v) is 2.31. The van der Waals surface area contributed by atoms with E-state index in [-0.39, 0.29) is 17.7 Å². The lowest BCUT2D eigenvalue weighted by molar-refractivity contribution is 0.0697. The molecule has 1 aliphatic heterocycles. The number of aromatic nitrogens is 1. The number of amides is 1. The number of hydrogen-bond acceptors (Lipinski definition) is 5. The number of carboxylic acid groups (broad SMARTS) is 1. The number of carboxylic acids is 1. The van der Waals surface area contributed by atoms with Gasteiger partial charge in [-0.05, 0) is 31.9 Å². The minimum Gasteiger partial charge on any atom is -0.478 e. The lowest BCUT2D eigenvalue weighted by Gasteiger charge is -2.32. The monoisotopic (exact) mass is 293 g/mol. The zero-order valence-corrected chi connectivity index (χ0v) is 11.9. The van der Waals surface area contributed by atoms with E-state index in [0.717, 1.165) is 12.8 Å². The average molecular weight is 293 g/mol. The number of anilines is 1. The van der Waals surface area contributed by atoms with Crippen LogP contribution in [0.4, 0.5) is 10.6 Å². The molecule has 114 valence electrons. The summed E-state index contributed by atoms with van der Waals surface area (Å²) in [6, 6.07) is 3.22. The van der Waals surface area contributed by atoms with Gasteiger partial charge in [0.2, 0.25) is 0 Å². The highest BCUT2D eigenvalue weighted by Gasteiger charge is 2.24. The van der Waals surface area contributed by atoms with Crippen LogP contribution in [0.5, 0.6) is 0 Å². The Morgan fingerprint density at radius 1 is 1.48 bits per heavy atom. The van der Waals surface area contributed by atoms with Gasteiger partial charge in [-0.15, -0.1) is 0 Å². The van der Waals surface area contributed by atoms with Crippen LogP contribution in [-0.2, 0) is 4.74 Å². The Labute approximate surface area is 122 Å². The second-order valence-electron chi connectivity index (χ2n) is 4.81. The summed E-state index contributed by atoms with van der Waals surface area (Å²) in [6.07, 6.45) is 2.73. The van der Waals surface area contributed by atoms with Gasteiger partial charge >= 0.3 is 12.1 Å². The summed E-state index contributed by atoms with van der Waals surface area (Å²) in [5.74, 6) is -0.630. The molecule has 1 aromatic heterocycles. The van der Waals surface area contributed by atoms with Crippen LogP contribution in [0.2, 0.25) is 0 Å². The molecule has 2 N–H and O–H groups in total. The molecule has 1 fully saturated rings. The molecule has 21 heavy (non-hydrogen) atoms. The minimum absolute atomic E-state index is 0.101. The number of likely N-dealkylation sites (tertiary alicyclic amines) is 1. The van der Waals surface area contributed by atoms with Gasteiger partial charge in [0.1, 0.15) is 11.4 Å². The summed E-state index contributed by atoms with van der Waals surface area (Å²) in [4.78, 5) is 28.5. The van der Waals surface area contributed by atoms with Crippen molar-refractivity contribution in [3.8, 4) is 0 Å². The Kier molecular flexibility index (Phi) is 4.97. The van der Waals surface area contributed by atoms with Gasteiger partial charge in [-0.25, -0.2) is 14.6 Å². The summed E-state index contributed by atoms with van der Waals surface area (Å²) in [7, 11) is 0. The van der Waals surface area contributed by atoms with Gasteiger partial charge in [0.25, 0.3) is 0 Å². The van der Waals surface area contributed by atoms with E-state index in [9.17, 15) is 9.59 Å². The number of nitrogens with zero attached hydrogens (tertiary/aromatic N) is 2. The molecule has 1 aliphatic rings.